The molecular weight excluding hydrogens is 197 g/mol. The second-order valence-electron chi connectivity index (χ2n) is 2.01. The van der Waals surface area contributed by atoms with Crippen molar-refractivity contribution in [1.29, 1.82) is 0 Å². The van der Waals surface area contributed by atoms with Crippen LogP contribution < -0.4 is 5.32 Å². The summed E-state index contributed by atoms with van der Waals surface area (Å²) in [4.78, 5) is 7.77. The third-order valence-electron chi connectivity index (χ3n) is 1.07. The average Bonchev–Trinajstić information content (AvgIpc) is 1.99. The van der Waals surface area contributed by atoms with Gasteiger partial charge in [0.25, 0.3) is 0 Å². The van der Waals surface area contributed by atoms with Crippen molar-refractivity contribution in [1.82, 2.24) is 9.97 Å². The molecular formula is C7H7Cl2N3. The number of hydrogen-bond donors (Lipinski definition) is 1. The number of nitrogens with one attached hydrogen (secondary N) is 1. The summed E-state index contributed by atoms with van der Waals surface area (Å²) in [6.45, 7) is 4.12. The lowest BCUT2D eigenvalue weighted by molar-refractivity contribution is 1.12. The average molecular weight is 204 g/mol. The van der Waals surface area contributed by atoms with Gasteiger partial charge in [-0.05, 0) is 0 Å². The molecule has 0 unspecified atom stereocenters. The van der Waals surface area contributed by atoms with E-state index in [0.29, 0.717) is 22.8 Å². The van der Waals surface area contributed by atoms with Crippen LogP contribution in [0.3, 0.4) is 0 Å². The standard InChI is InChI=1S/C7H7Cl2N3/c1-2-3-10-7-11-5(8)4-6(9)12-7/h2,4H,1,3H2,(H,10,11,12). The maximum absolute atomic E-state index is 5.63. The van der Waals surface area contributed by atoms with Crippen molar-refractivity contribution in [2.45, 2.75) is 0 Å². The van der Waals surface area contributed by atoms with Crippen LogP contribution in [0, 0.1) is 0 Å². The first kappa shape index (κ1) is 9.29. The van der Waals surface area contributed by atoms with Gasteiger partial charge >= 0.3 is 0 Å². The number of aromatic nitrogens is 2. The second kappa shape index (κ2) is 4.28. The molecule has 0 aliphatic rings. The van der Waals surface area contributed by atoms with E-state index in [9.17, 15) is 0 Å². The Kier molecular flexibility index (Phi) is 3.31. The molecule has 12 heavy (non-hydrogen) atoms. The first-order valence-corrected chi connectivity index (χ1v) is 4.03. The van der Waals surface area contributed by atoms with Crippen LogP contribution in [0.1, 0.15) is 0 Å². The fourth-order valence-electron chi connectivity index (χ4n) is 0.633. The third-order valence-corrected chi connectivity index (χ3v) is 1.46. The molecule has 1 aromatic heterocycles. The van der Waals surface area contributed by atoms with Crippen molar-refractivity contribution in [3.05, 3.63) is 29.0 Å². The van der Waals surface area contributed by atoms with E-state index < -0.39 is 0 Å². The lowest BCUT2D eigenvalue weighted by Gasteiger charge is -2.01. The predicted molar refractivity (Wildman–Crippen MR) is 50.7 cm³/mol. The zero-order valence-corrected chi connectivity index (χ0v) is 7.73. The van der Waals surface area contributed by atoms with Gasteiger partial charge in [-0.15, -0.1) is 6.58 Å². The van der Waals surface area contributed by atoms with Gasteiger partial charge in [-0.1, -0.05) is 29.3 Å². The number of hydrogen-bond acceptors (Lipinski definition) is 3. The zero-order chi connectivity index (χ0) is 8.97. The highest BCUT2D eigenvalue weighted by molar-refractivity contribution is 6.33. The molecule has 0 fully saturated rings. The van der Waals surface area contributed by atoms with Gasteiger partial charge in [0.1, 0.15) is 10.3 Å². The van der Waals surface area contributed by atoms with E-state index in [1.54, 1.807) is 6.08 Å². The fraction of sp³-hybridized carbons (Fsp3) is 0.143. The first-order chi connectivity index (χ1) is 5.72. The van der Waals surface area contributed by atoms with E-state index in [2.05, 4.69) is 21.9 Å². The maximum atomic E-state index is 5.63. The van der Waals surface area contributed by atoms with Gasteiger partial charge in [-0.3, -0.25) is 0 Å². The van der Waals surface area contributed by atoms with E-state index in [1.807, 2.05) is 0 Å². The third kappa shape index (κ3) is 2.68. The molecule has 0 amide bonds. The lowest BCUT2D eigenvalue weighted by atomic mass is 10.6. The normalized spacial score (nSPS) is 9.50. The van der Waals surface area contributed by atoms with E-state index in [-0.39, 0.29) is 0 Å². The SMILES string of the molecule is C=CCNc1nc(Cl)cc(Cl)n1. The predicted octanol–water partition coefficient (Wildman–Crippen LogP) is 2.38. The summed E-state index contributed by atoms with van der Waals surface area (Å²) >= 11 is 11.3. The molecule has 1 N–H and O–H groups in total. The quantitative estimate of drug-likeness (QED) is 0.606. The molecule has 5 heteroatoms. The molecule has 1 aromatic rings. The van der Waals surface area contributed by atoms with Gasteiger partial charge in [0.05, 0.1) is 0 Å². The molecule has 0 aromatic carbocycles. The molecule has 1 heterocycles. The summed E-state index contributed by atoms with van der Waals surface area (Å²) < 4.78 is 0. The smallest absolute Gasteiger partial charge is 0.225 e. The van der Waals surface area contributed by atoms with Gasteiger partial charge in [0.2, 0.25) is 5.95 Å². The van der Waals surface area contributed by atoms with Crippen LogP contribution in [0.2, 0.25) is 10.3 Å². The summed E-state index contributed by atoms with van der Waals surface area (Å²) in [5.74, 6) is 0.410. The molecule has 0 aliphatic carbocycles. The van der Waals surface area contributed by atoms with Gasteiger partial charge < -0.3 is 5.32 Å². The Balaban J connectivity index is 2.78. The van der Waals surface area contributed by atoms with Crippen molar-refractivity contribution in [3.63, 3.8) is 0 Å². The van der Waals surface area contributed by atoms with Gasteiger partial charge in [-0.2, -0.15) is 0 Å². The summed E-state index contributed by atoms with van der Waals surface area (Å²) in [5.41, 5.74) is 0. The monoisotopic (exact) mass is 203 g/mol. The van der Waals surface area contributed by atoms with Crippen LogP contribution in [0.15, 0.2) is 18.7 Å². The Morgan fingerprint density at radius 2 is 2.00 bits per heavy atom. The number of anilines is 1. The molecule has 0 bridgehead atoms. The highest BCUT2D eigenvalue weighted by Gasteiger charge is 1.98. The van der Waals surface area contributed by atoms with Gasteiger partial charge in [0, 0.05) is 12.6 Å². The van der Waals surface area contributed by atoms with Crippen LogP contribution in [0.5, 0.6) is 0 Å². The fourth-order valence-corrected chi connectivity index (χ4v) is 1.06. The van der Waals surface area contributed by atoms with E-state index in [4.69, 9.17) is 23.2 Å². The van der Waals surface area contributed by atoms with Crippen LogP contribution in [0.25, 0.3) is 0 Å². The van der Waals surface area contributed by atoms with Crippen LogP contribution >= 0.6 is 23.2 Å². The molecule has 0 aliphatic heterocycles. The minimum absolute atomic E-state index is 0.321. The van der Waals surface area contributed by atoms with E-state index in [0.717, 1.165) is 0 Å². The maximum Gasteiger partial charge on any atom is 0.225 e. The topological polar surface area (TPSA) is 37.8 Å². The van der Waals surface area contributed by atoms with Gasteiger partial charge in [0.15, 0.2) is 0 Å². The molecule has 0 saturated heterocycles. The molecule has 0 atom stereocenters. The Bertz CT molecular complexity index is 268. The van der Waals surface area contributed by atoms with Crippen molar-refractivity contribution < 1.29 is 0 Å². The Hall–Kier alpha value is -0.800. The Morgan fingerprint density at radius 3 is 2.50 bits per heavy atom. The summed E-state index contributed by atoms with van der Waals surface area (Å²) in [7, 11) is 0. The molecule has 0 spiro atoms. The van der Waals surface area contributed by atoms with Crippen LogP contribution in [-0.4, -0.2) is 16.5 Å². The Morgan fingerprint density at radius 1 is 1.42 bits per heavy atom. The Labute approximate surface area is 80.4 Å². The summed E-state index contributed by atoms with van der Waals surface area (Å²) in [6.07, 6.45) is 1.69. The van der Waals surface area contributed by atoms with E-state index >= 15 is 0 Å². The second-order valence-corrected chi connectivity index (χ2v) is 2.78. The highest BCUT2D eigenvalue weighted by atomic mass is 35.5. The van der Waals surface area contributed by atoms with E-state index in [1.165, 1.54) is 6.07 Å². The molecule has 0 radical (unpaired) electrons. The molecule has 64 valence electrons. The number of rotatable bonds is 3. The lowest BCUT2D eigenvalue weighted by Crippen LogP contribution is -2.02. The van der Waals surface area contributed by atoms with Crippen molar-refractivity contribution in [3.8, 4) is 0 Å². The minimum Gasteiger partial charge on any atom is -0.351 e. The summed E-state index contributed by atoms with van der Waals surface area (Å²) in [5, 5.41) is 3.51. The van der Waals surface area contributed by atoms with Crippen molar-refractivity contribution in [2.24, 2.45) is 0 Å². The number of nitrogens with zero attached hydrogens (tertiary/aromatic N) is 2. The minimum atomic E-state index is 0.321. The molecule has 0 saturated carbocycles. The summed E-state index contributed by atoms with van der Waals surface area (Å²) in [6, 6.07) is 1.47. The van der Waals surface area contributed by atoms with Crippen LogP contribution in [0.4, 0.5) is 5.95 Å². The largest absolute Gasteiger partial charge is 0.351 e. The highest BCUT2D eigenvalue weighted by Crippen LogP contribution is 2.13. The number of halogens is 2. The van der Waals surface area contributed by atoms with Crippen LogP contribution in [-0.2, 0) is 0 Å². The molecule has 3 nitrogen and oxygen atoms in total. The van der Waals surface area contributed by atoms with Gasteiger partial charge in [-0.25, -0.2) is 9.97 Å². The first-order valence-electron chi connectivity index (χ1n) is 3.27. The van der Waals surface area contributed by atoms with Crippen molar-refractivity contribution in [2.75, 3.05) is 11.9 Å². The zero-order valence-electron chi connectivity index (χ0n) is 6.22. The van der Waals surface area contributed by atoms with Crippen molar-refractivity contribution >= 4 is 29.2 Å². The molecule has 1 rings (SSSR count).